The Kier molecular flexibility index (Phi) is 4.52. The molecule has 8 heteroatoms. The highest BCUT2D eigenvalue weighted by Crippen LogP contribution is 2.34. The third-order valence-electron chi connectivity index (χ3n) is 4.91. The van der Waals surface area contributed by atoms with E-state index < -0.39 is 10.0 Å². The lowest BCUT2D eigenvalue weighted by Gasteiger charge is -2.32. The predicted octanol–water partition coefficient (Wildman–Crippen LogP) is 3.55. The van der Waals surface area contributed by atoms with Crippen LogP contribution in [0.15, 0.2) is 36.4 Å². The summed E-state index contributed by atoms with van der Waals surface area (Å²) in [4.78, 5) is 7.01. The SMILES string of the molecule is Cn1c(CN2CCCc3c(NS(C)(=O)=O)cccc32)nc2cc(Cl)ccc21. The second-order valence-corrected chi connectivity index (χ2v) is 9.11. The van der Waals surface area contributed by atoms with Gasteiger partial charge in [0.2, 0.25) is 10.0 Å². The number of fused-ring (bicyclic) bond motifs is 2. The molecule has 1 aliphatic heterocycles. The number of aryl methyl sites for hydroxylation is 1. The van der Waals surface area contributed by atoms with Gasteiger partial charge in [-0.05, 0) is 48.7 Å². The summed E-state index contributed by atoms with van der Waals surface area (Å²) < 4.78 is 28.1. The minimum atomic E-state index is -3.31. The van der Waals surface area contributed by atoms with Crippen LogP contribution >= 0.6 is 11.6 Å². The molecule has 0 saturated heterocycles. The zero-order valence-electron chi connectivity index (χ0n) is 15.2. The summed E-state index contributed by atoms with van der Waals surface area (Å²) in [7, 11) is -1.31. The fourth-order valence-corrected chi connectivity index (χ4v) is 4.45. The molecule has 0 bridgehead atoms. The van der Waals surface area contributed by atoms with E-state index in [1.54, 1.807) is 0 Å². The monoisotopic (exact) mass is 404 g/mol. The van der Waals surface area contributed by atoms with Gasteiger partial charge in [-0.3, -0.25) is 4.72 Å². The van der Waals surface area contributed by atoms with Crippen molar-refractivity contribution in [3.05, 3.63) is 52.8 Å². The van der Waals surface area contributed by atoms with Crippen molar-refractivity contribution in [2.75, 3.05) is 22.4 Å². The Morgan fingerprint density at radius 2 is 2.07 bits per heavy atom. The molecule has 0 radical (unpaired) electrons. The molecule has 4 rings (SSSR count). The number of nitrogens with zero attached hydrogens (tertiary/aromatic N) is 3. The van der Waals surface area contributed by atoms with Gasteiger partial charge in [-0.25, -0.2) is 13.4 Å². The fraction of sp³-hybridized carbons (Fsp3) is 0.316. The predicted molar refractivity (Wildman–Crippen MR) is 110 cm³/mol. The molecule has 6 nitrogen and oxygen atoms in total. The van der Waals surface area contributed by atoms with E-state index in [1.165, 1.54) is 6.26 Å². The summed E-state index contributed by atoms with van der Waals surface area (Å²) in [6, 6.07) is 11.5. The number of sulfonamides is 1. The van der Waals surface area contributed by atoms with E-state index in [0.717, 1.165) is 47.5 Å². The summed E-state index contributed by atoms with van der Waals surface area (Å²) in [5.74, 6) is 0.946. The molecular weight excluding hydrogens is 384 g/mol. The standard InChI is InChI=1S/C19H21ClN4O2S/c1-23-18-9-8-13(20)11-16(18)21-19(23)12-24-10-4-5-14-15(22-27(2,25)26)6-3-7-17(14)24/h3,6-9,11,22H,4-5,10,12H2,1-2H3. The number of hydrogen-bond donors (Lipinski definition) is 1. The third kappa shape index (κ3) is 3.61. The molecule has 2 aromatic carbocycles. The summed E-state index contributed by atoms with van der Waals surface area (Å²) in [6.07, 6.45) is 2.99. The number of aromatic nitrogens is 2. The number of benzene rings is 2. The maximum absolute atomic E-state index is 11.7. The second kappa shape index (κ2) is 6.73. The Balaban J connectivity index is 1.70. The molecule has 2 heterocycles. The molecule has 142 valence electrons. The third-order valence-corrected chi connectivity index (χ3v) is 5.74. The smallest absolute Gasteiger partial charge is 0.229 e. The van der Waals surface area contributed by atoms with Crippen molar-refractivity contribution >= 4 is 44.0 Å². The molecule has 0 fully saturated rings. The topological polar surface area (TPSA) is 67.2 Å². The Hall–Kier alpha value is -2.25. The van der Waals surface area contributed by atoms with Crippen molar-refractivity contribution in [3.63, 3.8) is 0 Å². The molecular formula is C19H21ClN4O2S. The first-order valence-corrected chi connectivity index (χ1v) is 11.0. The van der Waals surface area contributed by atoms with E-state index in [1.807, 2.05) is 43.4 Å². The largest absolute Gasteiger partial charge is 0.364 e. The van der Waals surface area contributed by atoms with Gasteiger partial charge in [-0.1, -0.05) is 17.7 Å². The maximum atomic E-state index is 11.7. The van der Waals surface area contributed by atoms with Crippen LogP contribution < -0.4 is 9.62 Å². The molecule has 0 unspecified atom stereocenters. The Morgan fingerprint density at radius 3 is 2.85 bits per heavy atom. The number of hydrogen-bond acceptors (Lipinski definition) is 4. The van der Waals surface area contributed by atoms with Crippen LogP contribution in [0.5, 0.6) is 0 Å². The van der Waals surface area contributed by atoms with E-state index in [-0.39, 0.29) is 0 Å². The van der Waals surface area contributed by atoms with Crippen LogP contribution in [-0.2, 0) is 30.0 Å². The summed E-state index contributed by atoms with van der Waals surface area (Å²) in [5.41, 5.74) is 4.68. The van der Waals surface area contributed by atoms with Crippen LogP contribution in [0.3, 0.4) is 0 Å². The number of anilines is 2. The molecule has 0 amide bonds. The van der Waals surface area contributed by atoms with E-state index in [0.29, 0.717) is 17.3 Å². The highest BCUT2D eigenvalue weighted by molar-refractivity contribution is 7.92. The molecule has 27 heavy (non-hydrogen) atoms. The molecule has 0 aliphatic carbocycles. The van der Waals surface area contributed by atoms with Gasteiger partial charge in [0.05, 0.1) is 29.5 Å². The first-order valence-electron chi connectivity index (χ1n) is 8.77. The highest BCUT2D eigenvalue weighted by atomic mass is 35.5. The summed E-state index contributed by atoms with van der Waals surface area (Å²) in [6.45, 7) is 1.55. The molecule has 1 aromatic heterocycles. The first kappa shape index (κ1) is 18.1. The average molecular weight is 405 g/mol. The quantitative estimate of drug-likeness (QED) is 0.722. The zero-order chi connectivity index (χ0) is 19.2. The van der Waals surface area contributed by atoms with Gasteiger partial charge in [0.1, 0.15) is 5.82 Å². The van der Waals surface area contributed by atoms with Gasteiger partial charge in [-0.15, -0.1) is 0 Å². The second-order valence-electron chi connectivity index (χ2n) is 6.92. The number of nitrogens with one attached hydrogen (secondary N) is 1. The molecule has 0 saturated carbocycles. The number of imidazole rings is 1. The Bertz CT molecular complexity index is 1120. The van der Waals surface area contributed by atoms with Crippen molar-refractivity contribution < 1.29 is 8.42 Å². The van der Waals surface area contributed by atoms with E-state index >= 15 is 0 Å². The van der Waals surface area contributed by atoms with Crippen molar-refractivity contribution in [3.8, 4) is 0 Å². The van der Waals surface area contributed by atoms with Gasteiger partial charge in [0, 0.05) is 24.3 Å². The molecule has 0 spiro atoms. The minimum Gasteiger partial charge on any atom is -0.364 e. The number of halogens is 1. The molecule has 3 aromatic rings. The van der Waals surface area contributed by atoms with E-state index in [4.69, 9.17) is 16.6 Å². The van der Waals surface area contributed by atoms with Crippen LogP contribution in [0.25, 0.3) is 11.0 Å². The van der Waals surface area contributed by atoms with Gasteiger partial charge in [-0.2, -0.15) is 0 Å². The van der Waals surface area contributed by atoms with Crippen LogP contribution in [-0.4, -0.2) is 30.8 Å². The summed E-state index contributed by atoms with van der Waals surface area (Å²) >= 11 is 6.09. The minimum absolute atomic E-state index is 0.651. The first-order chi connectivity index (χ1) is 12.8. The Labute approximate surface area is 163 Å². The van der Waals surface area contributed by atoms with Crippen LogP contribution in [0.2, 0.25) is 5.02 Å². The average Bonchev–Trinajstić information content (AvgIpc) is 2.89. The normalized spacial score (nSPS) is 14.4. The molecule has 1 N–H and O–H groups in total. The van der Waals surface area contributed by atoms with Crippen molar-refractivity contribution in [2.24, 2.45) is 7.05 Å². The lowest BCUT2D eigenvalue weighted by Crippen LogP contribution is -2.30. The lowest BCUT2D eigenvalue weighted by atomic mass is 10.00. The van der Waals surface area contributed by atoms with Crippen molar-refractivity contribution in [2.45, 2.75) is 19.4 Å². The van der Waals surface area contributed by atoms with Crippen LogP contribution in [0.1, 0.15) is 17.8 Å². The van der Waals surface area contributed by atoms with Crippen molar-refractivity contribution in [1.82, 2.24) is 9.55 Å². The molecule has 1 aliphatic rings. The number of rotatable bonds is 4. The lowest BCUT2D eigenvalue weighted by molar-refractivity contribution is 0.606. The van der Waals surface area contributed by atoms with Gasteiger partial charge in [0.25, 0.3) is 0 Å². The maximum Gasteiger partial charge on any atom is 0.229 e. The van der Waals surface area contributed by atoms with E-state index in [9.17, 15) is 8.42 Å². The van der Waals surface area contributed by atoms with Crippen LogP contribution in [0, 0.1) is 0 Å². The van der Waals surface area contributed by atoms with Gasteiger partial charge in [0.15, 0.2) is 0 Å². The highest BCUT2D eigenvalue weighted by Gasteiger charge is 2.22. The molecule has 0 atom stereocenters. The van der Waals surface area contributed by atoms with Crippen molar-refractivity contribution in [1.29, 1.82) is 0 Å². The van der Waals surface area contributed by atoms with Crippen LogP contribution in [0.4, 0.5) is 11.4 Å². The summed E-state index contributed by atoms with van der Waals surface area (Å²) in [5, 5.41) is 0.673. The Morgan fingerprint density at radius 1 is 1.26 bits per heavy atom. The fourth-order valence-electron chi connectivity index (χ4n) is 3.70. The van der Waals surface area contributed by atoms with Gasteiger partial charge < -0.3 is 9.47 Å². The van der Waals surface area contributed by atoms with Gasteiger partial charge >= 0.3 is 0 Å². The zero-order valence-corrected chi connectivity index (χ0v) is 16.8. The van der Waals surface area contributed by atoms with E-state index in [2.05, 4.69) is 14.2 Å².